The van der Waals surface area contributed by atoms with Crippen LogP contribution in [0.15, 0.2) is 40.6 Å². The number of hydrogen-bond acceptors (Lipinski definition) is 6. The maximum absolute atomic E-state index is 13.2. The van der Waals surface area contributed by atoms with Gasteiger partial charge in [-0.1, -0.05) is 0 Å². The van der Waals surface area contributed by atoms with E-state index in [1.165, 1.54) is 0 Å². The Hall–Kier alpha value is -3.49. The number of carbonyl (C=O) groups excluding carboxylic acids is 2. The highest BCUT2D eigenvalue weighted by atomic mass is 16.4. The maximum Gasteiger partial charge on any atom is 0.331 e. The number of carboxylic acids is 1. The standard InChI is InChI=1S/C24H30N4O5/c1-16-12-17-13-18(7-8-20(17)33-16)25-21(14-23(30)31)26-19-6-2-3-11-28(24(19)32)15-22(29)27-9-4-5-10-27/h7-8,12-14,19,25-26H,2-6,9-11,15H2,1H3,(H,30,31)/b21-14-/t19-/m0/s1. The van der Waals surface area contributed by atoms with Gasteiger partial charge in [-0.15, -0.1) is 0 Å². The van der Waals surface area contributed by atoms with Gasteiger partial charge in [-0.05, 0) is 63.3 Å². The maximum atomic E-state index is 13.2. The van der Waals surface area contributed by atoms with Crippen molar-refractivity contribution in [3.8, 4) is 0 Å². The molecule has 2 aliphatic heterocycles. The summed E-state index contributed by atoms with van der Waals surface area (Å²) in [5.41, 5.74) is 1.41. The van der Waals surface area contributed by atoms with E-state index in [0.717, 1.165) is 61.6 Å². The largest absolute Gasteiger partial charge is 0.478 e. The highest BCUT2D eigenvalue weighted by Gasteiger charge is 2.30. The fourth-order valence-corrected chi connectivity index (χ4v) is 4.46. The number of benzene rings is 1. The summed E-state index contributed by atoms with van der Waals surface area (Å²) in [5.74, 6) is -0.335. The van der Waals surface area contributed by atoms with E-state index in [9.17, 15) is 19.5 Å². The zero-order valence-electron chi connectivity index (χ0n) is 18.8. The van der Waals surface area contributed by atoms with E-state index in [4.69, 9.17) is 4.42 Å². The number of nitrogens with one attached hydrogen (secondary N) is 2. The van der Waals surface area contributed by atoms with Crippen molar-refractivity contribution in [2.24, 2.45) is 0 Å². The lowest BCUT2D eigenvalue weighted by Gasteiger charge is -2.27. The number of rotatable bonds is 7. The third-order valence-electron chi connectivity index (χ3n) is 6.08. The number of hydrogen-bond donors (Lipinski definition) is 3. The fourth-order valence-electron chi connectivity index (χ4n) is 4.46. The van der Waals surface area contributed by atoms with Crippen molar-refractivity contribution in [2.45, 2.75) is 45.1 Å². The summed E-state index contributed by atoms with van der Waals surface area (Å²) in [6, 6.07) is 6.75. The predicted molar refractivity (Wildman–Crippen MR) is 123 cm³/mol. The molecular formula is C24H30N4O5. The highest BCUT2D eigenvalue weighted by molar-refractivity contribution is 5.89. The molecule has 176 valence electrons. The van der Waals surface area contributed by atoms with Crippen LogP contribution < -0.4 is 10.6 Å². The van der Waals surface area contributed by atoms with Crippen LogP contribution in [-0.4, -0.2) is 64.9 Å². The van der Waals surface area contributed by atoms with Gasteiger partial charge >= 0.3 is 5.97 Å². The van der Waals surface area contributed by atoms with Gasteiger partial charge in [0.2, 0.25) is 11.8 Å². The fraction of sp³-hybridized carbons (Fsp3) is 0.458. The summed E-state index contributed by atoms with van der Waals surface area (Å²) < 4.78 is 5.59. The summed E-state index contributed by atoms with van der Waals surface area (Å²) >= 11 is 0. The molecule has 0 bridgehead atoms. The first-order valence-electron chi connectivity index (χ1n) is 11.4. The van der Waals surface area contributed by atoms with E-state index in [0.29, 0.717) is 18.7 Å². The minimum atomic E-state index is -1.13. The Bertz CT molecular complexity index is 1070. The van der Waals surface area contributed by atoms with E-state index in [1.54, 1.807) is 11.0 Å². The molecule has 1 atom stereocenters. The number of anilines is 1. The van der Waals surface area contributed by atoms with Crippen LogP contribution in [0.5, 0.6) is 0 Å². The molecular weight excluding hydrogens is 424 g/mol. The molecule has 9 nitrogen and oxygen atoms in total. The average Bonchev–Trinajstić information content (AvgIpc) is 3.39. The smallest absolute Gasteiger partial charge is 0.331 e. The molecule has 0 radical (unpaired) electrons. The molecule has 2 fully saturated rings. The minimum Gasteiger partial charge on any atom is -0.478 e. The Balaban J connectivity index is 1.47. The molecule has 2 amide bonds. The zero-order chi connectivity index (χ0) is 23.4. The van der Waals surface area contributed by atoms with Gasteiger partial charge in [0.15, 0.2) is 0 Å². The molecule has 9 heteroatoms. The molecule has 33 heavy (non-hydrogen) atoms. The molecule has 0 spiro atoms. The molecule has 2 aromatic rings. The Morgan fingerprint density at radius 3 is 2.67 bits per heavy atom. The lowest BCUT2D eigenvalue weighted by Crippen LogP contribution is -2.49. The van der Waals surface area contributed by atoms with Gasteiger partial charge in [0.05, 0.1) is 12.6 Å². The first-order valence-corrected chi connectivity index (χ1v) is 11.4. The van der Waals surface area contributed by atoms with Crippen LogP contribution in [0.25, 0.3) is 11.0 Å². The van der Waals surface area contributed by atoms with Gasteiger partial charge in [-0.2, -0.15) is 0 Å². The van der Waals surface area contributed by atoms with Crippen LogP contribution >= 0.6 is 0 Å². The van der Waals surface area contributed by atoms with Crippen molar-refractivity contribution in [1.29, 1.82) is 0 Å². The molecule has 0 aliphatic carbocycles. The Morgan fingerprint density at radius 1 is 1.15 bits per heavy atom. The number of carbonyl (C=O) groups is 3. The normalized spacial score (nSPS) is 19.6. The molecule has 0 saturated carbocycles. The first-order chi connectivity index (χ1) is 15.9. The second-order valence-corrected chi connectivity index (χ2v) is 8.67. The van der Waals surface area contributed by atoms with Crippen molar-refractivity contribution >= 4 is 34.4 Å². The number of aliphatic carboxylic acids is 1. The topological polar surface area (TPSA) is 115 Å². The average molecular weight is 455 g/mol. The molecule has 3 heterocycles. The highest BCUT2D eigenvalue weighted by Crippen LogP contribution is 2.23. The van der Waals surface area contributed by atoms with Gasteiger partial charge in [0, 0.05) is 30.7 Å². The van der Waals surface area contributed by atoms with E-state index in [-0.39, 0.29) is 24.2 Å². The van der Waals surface area contributed by atoms with E-state index >= 15 is 0 Å². The molecule has 2 aliphatic rings. The lowest BCUT2D eigenvalue weighted by molar-refractivity contribution is -0.140. The summed E-state index contributed by atoms with van der Waals surface area (Å²) in [7, 11) is 0. The Kier molecular flexibility index (Phi) is 6.86. The lowest BCUT2D eigenvalue weighted by atomic mass is 10.1. The summed E-state index contributed by atoms with van der Waals surface area (Å²) in [5, 5.41) is 16.4. The number of furan rings is 1. The summed E-state index contributed by atoms with van der Waals surface area (Å²) in [6.45, 7) is 3.96. The van der Waals surface area contributed by atoms with Crippen LogP contribution in [-0.2, 0) is 14.4 Å². The van der Waals surface area contributed by atoms with Crippen LogP contribution in [0, 0.1) is 6.92 Å². The van der Waals surface area contributed by atoms with Gasteiger partial charge in [-0.25, -0.2) is 4.79 Å². The van der Waals surface area contributed by atoms with Gasteiger partial charge in [-0.3, -0.25) is 9.59 Å². The number of aryl methyl sites for hydroxylation is 1. The van der Waals surface area contributed by atoms with Crippen molar-refractivity contribution in [3.63, 3.8) is 0 Å². The van der Waals surface area contributed by atoms with E-state index in [1.807, 2.05) is 30.0 Å². The number of amides is 2. The Labute approximate surface area is 192 Å². The molecule has 3 N–H and O–H groups in total. The second-order valence-electron chi connectivity index (χ2n) is 8.67. The number of likely N-dealkylation sites (tertiary alicyclic amines) is 2. The molecule has 0 unspecified atom stereocenters. The quantitative estimate of drug-likeness (QED) is 0.551. The predicted octanol–water partition coefficient (Wildman–Crippen LogP) is 2.67. The van der Waals surface area contributed by atoms with Crippen LogP contribution in [0.3, 0.4) is 0 Å². The number of fused-ring (bicyclic) bond motifs is 1. The van der Waals surface area contributed by atoms with Crippen LogP contribution in [0.1, 0.15) is 37.9 Å². The number of nitrogens with zero attached hydrogens (tertiary/aromatic N) is 2. The monoisotopic (exact) mass is 454 g/mol. The van der Waals surface area contributed by atoms with Crippen LogP contribution in [0.4, 0.5) is 5.69 Å². The Morgan fingerprint density at radius 2 is 1.91 bits per heavy atom. The molecule has 4 rings (SSSR count). The minimum absolute atomic E-state index is 0.0235. The zero-order valence-corrected chi connectivity index (χ0v) is 18.8. The van der Waals surface area contributed by atoms with E-state index < -0.39 is 12.0 Å². The third kappa shape index (κ3) is 5.66. The van der Waals surface area contributed by atoms with Crippen LogP contribution in [0.2, 0.25) is 0 Å². The SMILES string of the molecule is Cc1cc2cc(N/C(=C/C(=O)O)N[C@H]3CCCCN(CC(=O)N4CCCC4)C3=O)ccc2o1. The molecule has 2 saturated heterocycles. The molecule has 1 aromatic carbocycles. The third-order valence-corrected chi connectivity index (χ3v) is 6.08. The van der Waals surface area contributed by atoms with Gasteiger partial charge in [0.1, 0.15) is 23.2 Å². The van der Waals surface area contributed by atoms with E-state index in [2.05, 4.69) is 10.6 Å². The van der Waals surface area contributed by atoms with Crippen molar-refractivity contribution in [1.82, 2.24) is 15.1 Å². The first kappa shape index (κ1) is 22.7. The van der Waals surface area contributed by atoms with Crippen molar-refractivity contribution in [2.75, 3.05) is 31.5 Å². The van der Waals surface area contributed by atoms with Crippen molar-refractivity contribution < 1.29 is 23.9 Å². The molecule has 1 aromatic heterocycles. The van der Waals surface area contributed by atoms with Gasteiger partial charge < -0.3 is 30.0 Å². The summed E-state index contributed by atoms with van der Waals surface area (Å²) in [4.78, 5) is 40.7. The second kappa shape index (κ2) is 9.97. The van der Waals surface area contributed by atoms with Crippen molar-refractivity contribution in [3.05, 3.63) is 41.9 Å². The summed E-state index contributed by atoms with van der Waals surface area (Å²) in [6.07, 6.45) is 5.19. The van der Waals surface area contributed by atoms with Gasteiger partial charge in [0.25, 0.3) is 0 Å². The number of carboxylic acid groups (broad SMARTS) is 1.